The molecule has 1 aromatic heterocycles. The van der Waals surface area contributed by atoms with Gasteiger partial charge in [0.25, 0.3) is 5.91 Å². The van der Waals surface area contributed by atoms with Crippen molar-refractivity contribution in [3.05, 3.63) is 72.9 Å². The highest BCUT2D eigenvalue weighted by Crippen LogP contribution is 2.42. The molecule has 0 aliphatic carbocycles. The molecule has 210 valence electrons. The molecule has 3 aromatic rings. The van der Waals surface area contributed by atoms with Crippen molar-refractivity contribution in [2.75, 3.05) is 44.3 Å². The summed E-state index contributed by atoms with van der Waals surface area (Å²) in [5.41, 5.74) is -1.40. The number of carbonyl (C=O) groups is 2. The van der Waals surface area contributed by atoms with Crippen molar-refractivity contribution in [2.45, 2.75) is 18.6 Å². The molecular formula is C27H24BrClF3N4O4+. The highest BCUT2D eigenvalue weighted by atomic mass is 79.9. The molecule has 0 spiro atoms. The fourth-order valence-corrected chi connectivity index (χ4v) is 5.88. The first-order chi connectivity index (χ1) is 19.0. The van der Waals surface area contributed by atoms with Crippen molar-refractivity contribution in [3.8, 4) is 0 Å². The standard InChI is InChI=1S/C27H23BrClF3N4O4/c1-34(25(38)18-13-22(37)33-23-17(18)3-2-4-21(23)29)16-5-6-36(14-16)24-19(26(39)35-7-9-40-10-8-35)11-15(28)12-20(24)27(30,31)32/h2-4,11-13,16H,1,5-10,14H2/p+1/t16-/m1/s1. The van der Waals surface area contributed by atoms with Gasteiger partial charge in [0, 0.05) is 42.0 Å². The Morgan fingerprint density at radius 3 is 2.55 bits per heavy atom. The van der Waals surface area contributed by atoms with Crippen LogP contribution in [-0.4, -0.2) is 78.4 Å². The Balaban J connectivity index is 1.49. The highest BCUT2D eigenvalue weighted by molar-refractivity contribution is 9.10. The summed E-state index contributed by atoms with van der Waals surface area (Å²) in [4.78, 5) is 44.8. The SMILES string of the molecule is C=[N+](C(=O)c1cc(=O)[nH]c2c(Cl)cccc12)[C@@H]1CCN(c2c(C(=O)N3CCOCC3)cc(Br)cc2C(F)(F)F)C1. The number of hydrogen-bond donors (Lipinski definition) is 1. The second kappa shape index (κ2) is 11.0. The summed E-state index contributed by atoms with van der Waals surface area (Å²) in [7, 11) is 0. The number of rotatable bonds is 4. The Morgan fingerprint density at radius 1 is 1.12 bits per heavy atom. The van der Waals surface area contributed by atoms with E-state index in [1.165, 1.54) is 20.4 Å². The molecule has 2 fully saturated rings. The third-order valence-corrected chi connectivity index (χ3v) is 7.92. The molecule has 2 saturated heterocycles. The number of ether oxygens (including phenoxy) is 1. The highest BCUT2D eigenvalue weighted by Gasteiger charge is 2.42. The molecule has 8 nitrogen and oxygen atoms in total. The van der Waals surface area contributed by atoms with Crippen LogP contribution in [0.1, 0.15) is 32.7 Å². The summed E-state index contributed by atoms with van der Waals surface area (Å²) >= 11 is 9.34. The molecule has 5 rings (SSSR count). The van der Waals surface area contributed by atoms with Gasteiger partial charge in [0.2, 0.25) is 5.56 Å². The van der Waals surface area contributed by atoms with Crippen LogP contribution in [0.2, 0.25) is 5.02 Å². The Kier molecular flexibility index (Phi) is 7.77. The van der Waals surface area contributed by atoms with E-state index in [1.54, 1.807) is 18.2 Å². The summed E-state index contributed by atoms with van der Waals surface area (Å²) in [6, 6.07) is 7.78. The number of H-pyrrole nitrogens is 1. The number of para-hydroxylation sites is 1. The van der Waals surface area contributed by atoms with Gasteiger partial charge in [0.1, 0.15) is 12.3 Å². The number of pyridine rings is 1. The number of hydrogen-bond acceptors (Lipinski definition) is 5. The summed E-state index contributed by atoms with van der Waals surface area (Å²) in [5, 5.41) is 0.686. The van der Waals surface area contributed by atoms with Gasteiger partial charge < -0.3 is 19.5 Å². The van der Waals surface area contributed by atoms with Gasteiger partial charge in [0.15, 0.2) is 6.04 Å². The zero-order valence-corrected chi connectivity index (χ0v) is 23.4. The number of carbonyl (C=O) groups excluding carboxylic acids is 2. The largest absolute Gasteiger partial charge is 0.420 e. The van der Waals surface area contributed by atoms with Crippen LogP contribution in [0.5, 0.6) is 0 Å². The summed E-state index contributed by atoms with van der Waals surface area (Å²) < 4.78 is 49.4. The third-order valence-electron chi connectivity index (χ3n) is 7.15. The lowest BCUT2D eigenvalue weighted by atomic mass is 10.0. The predicted molar refractivity (Wildman–Crippen MR) is 148 cm³/mol. The van der Waals surface area contributed by atoms with Gasteiger partial charge in [-0.15, -0.1) is 0 Å². The van der Waals surface area contributed by atoms with E-state index < -0.39 is 35.2 Å². The lowest BCUT2D eigenvalue weighted by molar-refractivity contribution is -0.457. The lowest BCUT2D eigenvalue weighted by Crippen LogP contribution is -2.41. The molecule has 40 heavy (non-hydrogen) atoms. The number of anilines is 1. The third kappa shape index (κ3) is 5.39. The molecule has 13 heteroatoms. The van der Waals surface area contributed by atoms with Gasteiger partial charge >= 0.3 is 12.1 Å². The van der Waals surface area contributed by atoms with Crippen LogP contribution in [0.25, 0.3) is 10.9 Å². The second-order valence-corrected chi connectivity index (χ2v) is 10.9. The minimum atomic E-state index is -4.74. The van der Waals surface area contributed by atoms with Crippen LogP contribution in [0.3, 0.4) is 0 Å². The van der Waals surface area contributed by atoms with Crippen LogP contribution >= 0.6 is 27.5 Å². The van der Waals surface area contributed by atoms with E-state index in [4.69, 9.17) is 16.3 Å². The zero-order valence-electron chi connectivity index (χ0n) is 21.1. The fraction of sp³-hybridized carbons (Fsp3) is 0.333. The maximum absolute atomic E-state index is 14.3. The number of alkyl halides is 3. The van der Waals surface area contributed by atoms with Gasteiger partial charge in [-0.25, -0.2) is 4.79 Å². The van der Waals surface area contributed by atoms with Gasteiger partial charge in [-0.2, -0.15) is 17.7 Å². The normalized spacial score (nSPS) is 17.9. The van der Waals surface area contributed by atoms with Crippen LogP contribution < -0.4 is 10.5 Å². The van der Waals surface area contributed by atoms with Crippen molar-refractivity contribution < 1.29 is 32.1 Å². The number of halogens is 5. The van der Waals surface area contributed by atoms with Crippen molar-refractivity contribution >= 4 is 62.7 Å². The minimum Gasteiger partial charge on any atom is -0.378 e. The van der Waals surface area contributed by atoms with E-state index >= 15 is 0 Å². The van der Waals surface area contributed by atoms with E-state index in [2.05, 4.69) is 27.6 Å². The maximum Gasteiger partial charge on any atom is 0.420 e. The average molecular weight is 641 g/mol. The molecule has 2 aliphatic rings. The van der Waals surface area contributed by atoms with E-state index in [-0.39, 0.29) is 52.5 Å². The first-order valence-corrected chi connectivity index (χ1v) is 13.6. The molecule has 0 bridgehead atoms. The Bertz CT molecular complexity index is 1590. The molecule has 2 amide bonds. The number of benzene rings is 2. The summed E-state index contributed by atoms with van der Waals surface area (Å²) in [6.45, 7) is 5.19. The number of morpholine rings is 1. The van der Waals surface area contributed by atoms with Crippen molar-refractivity contribution in [1.82, 2.24) is 9.88 Å². The lowest BCUT2D eigenvalue weighted by Gasteiger charge is -2.30. The second-order valence-electron chi connectivity index (χ2n) is 9.62. The molecular weight excluding hydrogens is 617 g/mol. The molecule has 1 atom stereocenters. The topological polar surface area (TPSA) is 85.7 Å². The Morgan fingerprint density at radius 2 is 1.85 bits per heavy atom. The number of amides is 2. The molecule has 3 heterocycles. The van der Waals surface area contributed by atoms with E-state index in [0.717, 1.165) is 12.1 Å². The minimum absolute atomic E-state index is 0.00518. The fourth-order valence-electron chi connectivity index (χ4n) is 5.20. The van der Waals surface area contributed by atoms with Crippen molar-refractivity contribution in [3.63, 3.8) is 0 Å². The van der Waals surface area contributed by atoms with Gasteiger partial charge in [-0.05, 0) is 18.2 Å². The number of nitrogens with one attached hydrogen (secondary N) is 1. The van der Waals surface area contributed by atoms with Gasteiger partial charge in [-0.1, -0.05) is 39.7 Å². The quantitative estimate of drug-likeness (QED) is 0.334. The van der Waals surface area contributed by atoms with Crippen molar-refractivity contribution in [2.24, 2.45) is 0 Å². The van der Waals surface area contributed by atoms with E-state index in [9.17, 15) is 27.6 Å². The number of aromatic nitrogens is 1. The predicted octanol–water partition coefficient (Wildman–Crippen LogP) is 4.57. The smallest absolute Gasteiger partial charge is 0.378 e. The first kappa shape index (κ1) is 28.3. The van der Waals surface area contributed by atoms with E-state index in [1.807, 2.05) is 0 Å². The number of aromatic amines is 1. The van der Waals surface area contributed by atoms with Gasteiger partial charge in [-0.3, -0.25) is 9.59 Å². The van der Waals surface area contributed by atoms with E-state index in [0.29, 0.717) is 30.5 Å². The average Bonchev–Trinajstić information content (AvgIpc) is 3.41. The van der Waals surface area contributed by atoms with Crippen LogP contribution in [0.4, 0.5) is 18.9 Å². The number of nitrogens with zero attached hydrogens (tertiary/aromatic N) is 3. The molecule has 2 aliphatic heterocycles. The van der Waals surface area contributed by atoms with Crippen LogP contribution in [-0.2, 0) is 10.9 Å². The molecule has 0 unspecified atom stereocenters. The zero-order chi connectivity index (χ0) is 28.8. The van der Waals surface area contributed by atoms with Crippen LogP contribution in [0, 0.1) is 0 Å². The molecule has 0 radical (unpaired) electrons. The monoisotopic (exact) mass is 639 g/mol. The molecule has 2 aromatic carbocycles. The number of fused-ring (bicyclic) bond motifs is 1. The molecule has 1 N–H and O–H groups in total. The first-order valence-electron chi connectivity index (χ1n) is 12.4. The van der Waals surface area contributed by atoms with Crippen molar-refractivity contribution in [1.29, 1.82) is 0 Å². The van der Waals surface area contributed by atoms with Crippen LogP contribution in [0.15, 0.2) is 45.7 Å². The maximum atomic E-state index is 14.3. The summed E-state index contributed by atoms with van der Waals surface area (Å²) in [5.74, 6) is -1.09. The Hall–Kier alpha value is -3.22. The summed E-state index contributed by atoms with van der Waals surface area (Å²) in [6.07, 6.45) is -4.43. The molecule has 0 saturated carbocycles. The Labute approximate surface area is 240 Å². The van der Waals surface area contributed by atoms with Gasteiger partial charge in [0.05, 0.1) is 47.1 Å².